The molecule has 1 aromatic carbocycles. The molecule has 20 heavy (non-hydrogen) atoms. The Morgan fingerprint density at radius 1 is 1.35 bits per heavy atom. The van der Waals surface area contributed by atoms with Gasteiger partial charge in [-0.1, -0.05) is 12.1 Å². The Labute approximate surface area is 117 Å². The van der Waals surface area contributed by atoms with Gasteiger partial charge in [0, 0.05) is 24.0 Å². The number of benzene rings is 1. The van der Waals surface area contributed by atoms with Crippen molar-refractivity contribution in [2.45, 2.75) is 12.8 Å². The lowest BCUT2D eigenvalue weighted by Crippen LogP contribution is -2.37. The van der Waals surface area contributed by atoms with Gasteiger partial charge in [0.15, 0.2) is 0 Å². The highest BCUT2D eigenvalue weighted by Gasteiger charge is 2.20. The number of anilines is 1. The zero-order valence-corrected chi connectivity index (χ0v) is 11.2. The quantitative estimate of drug-likeness (QED) is 0.799. The van der Waals surface area contributed by atoms with Crippen LogP contribution in [-0.2, 0) is 4.79 Å². The maximum absolute atomic E-state index is 12.2. The Bertz CT molecular complexity index is 573. The number of nitrogens with one attached hydrogen (secondary N) is 3. The van der Waals surface area contributed by atoms with Crippen molar-refractivity contribution in [2.24, 2.45) is 5.92 Å². The lowest BCUT2D eigenvalue weighted by atomic mass is 9.98. The van der Waals surface area contributed by atoms with Crippen molar-refractivity contribution in [3.63, 3.8) is 0 Å². The van der Waals surface area contributed by atoms with Crippen molar-refractivity contribution in [1.82, 2.24) is 15.5 Å². The van der Waals surface area contributed by atoms with Crippen molar-refractivity contribution < 1.29 is 4.79 Å². The lowest BCUT2D eigenvalue weighted by molar-refractivity contribution is -0.120. The molecule has 1 atom stereocenters. The van der Waals surface area contributed by atoms with Crippen LogP contribution >= 0.6 is 0 Å². The first kappa shape index (κ1) is 12.9. The van der Waals surface area contributed by atoms with E-state index in [2.05, 4.69) is 20.8 Å². The SMILES string of the molecule is O=C(Nc1cccc(-c2ccn[nH]2)c1)[C@@H]1CCCNC1. The third-order valence-electron chi connectivity index (χ3n) is 3.61. The fourth-order valence-electron chi connectivity index (χ4n) is 2.50. The molecule has 0 radical (unpaired) electrons. The smallest absolute Gasteiger partial charge is 0.228 e. The summed E-state index contributed by atoms with van der Waals surface area (Å²) >= 11 is 0. The molecule has 0 spiro atoms. The minimum absolute atomic E-state index is 0.0690. The van der Waals surface area contributed by atoms with Crippen LogP contribution in [0.4, 0.5) is 5.69 Å². The van der Waals surface area contributed by atoms with E-state index in [4.69, 9.17) is 0 Å². The van der Waals surface area contributed by atoms with Crippen molar-refractivity contribution >= 4 is 11.6 Å². The largest absolute Gasteiger partial charge is 0.326 e. The van der Waals surface area contributed by atoms with E-state index in [1.54, 1.807) is 6.20 Å². The standard InChI is InChI=1S/C15H18N4O/c20-15(12-4-2-7-16-10-12)18-13-5-1-3-11(9-13)14-6-8-17-19-14/h1,3,5-6,8-9,12,16H,2,4,7,10H2,(H,17,19)(H,18,20)/t12-/m1/s1. The molecule has 5 nitrogen and oxygen atoms in total. The third kappa shape index (κ3) is 2.88. The Morgan fingerprint density at radius 3 is 3.05 bits per heavy atom. The van der Waals surface area contributed by atoms with E-state index < -0.39 is 0 Å². The molecule has 2 aromatic rings. The number of carbonyl (C=O) groups excluding carboxylic acids is 1. The van der Waals surface area contributed by atoms with Gasteiger partial charge in [0.05, 0.1) is 11.6 Å². The van der Waals surface area contributed by atoms with Gasteiger partial charge in [-0.3, -0.25) is 9.89 Å². The Kier molecular flexibility index (Phi) is 3.78. The second-order valence-corrected chi connectivity index (χ2v) is 5.08. The number of nitrogens with zero attached hydrogens (tertiary/aromatic N) is 1. The summed E-state index contributed by atoms with van der Waals surface area (Å²) in [6, 6.07) is 9.71. The topological polar surface area (TPSA) is 69.8 Å². The molecule has 3 N–H and O–H groups in total. The number of hydrogen-bond acceptors (Lipinski definition) is 3. The van der Waals surface area contributed by atoms with E-state index in [-0.39, 0.29) is 11.8 Å². The molecule has 104 valence electrons. The minimum atomic E-state index is 0.0690. The molecule has 0 unspecified atom stereocenters. The Hall–Kier alpha value is -2.14. The van der Waals surface area contributed by atoms with E-state index in [0.717, 1.165) is 42.9 Å². The first-order valence-corrected chi connectivity index (χ1v) is 6.94. The van der Waals surface area contributed by atoms with Gasteiger partial charge in [0.2, 0.25) is 5.91 Å². The van der Waals surface area contributed by atoms with Crippen LogP contribution in [0.25, 0.3) is 11.3 Å². The van der Waals surface area contributed by atoms with Crippen LogP contribution in [0.3, 0.4) is 0 Å². The minimum Gasteiger partial charge on any atom is -0.326 e. The molecule has 2 heterocycles. The van der Waals surface area contributed by atoms with E-state index in [0.29, 0.717) is 0 Å². The number of H-pyrrole nitrogens is 1. The molecule has 5 heteroatoms. The number of hydrogen-bond donors (Lipinski definition) is 3. The van der Waals surface area contributed by atoms with Crippen LogP contribution in [0.15, 0.2) is 36.5 Å². The van der Waals surface area contributed by atoms with E-state index in [9.17, 15) is 4.79 Å². The predicted octanol–water partition coefficient (Wildman–Crippen LogP) is 2.01. The van der Waals surface area contributed by atoms with E-state index in [1.165, 1.54) is 0 Å². The van der Waals surface area contributed by atoms with Crippen LogP contribution in [0.1, 0.15) is 12.8 Å². The van der Waals surface area contributed by atoms with Crippen molar-refractivity contribution in [1.29, 1.82) is 0 Å². The fourth-order valence-corrected chi connectivity index (χ4v) is 2.50. The number of amides is 1. The molecular formula is C15H18N4O. The van der Waals surface area contributed by atoms with E-state index >= 15 is 0 Å². The highest BCUT2D eigenvalue weighted by atomic mass is 16.1. The fraction of sp³-hybridized carbons (Fsp3) is 0.333. The van der Waals surface area contributed by atoms with Gasteiger partial charge >= 0.3 is 0 Å². The third-order valence-corrected chi connectivity index (χ3v) is 3.61. The predicted molar refractivity (Wildman–Crippen MR) is 78.2 cm³/mol. The summed E-state index contributed by atoms with van der Waals surface area (Å²) < 4.78 is 0. The van der Waals surface area contributed by atoms with Crippen molar-refractivity contribution in [3.05, 3.63) is 36.5 Å². The van der Waals surface area contributed by atoms with Gasteiger partial charge in [-0.25, -0.2) is 0 Å². The van der Waals surface area contributed by atoms with Gasteiger partial charge in [-0.2, -0.15) is 5.10 Å². The second-order valence-electron chi connectivity index (χ2n) is 5.08. The summed E-state index contributed by atoms with van der Waals surface area (Å²) in [7, 11) is 0. The van der Waals surface area contributed by atoms with Gasteiger partial charge < -0.3 is 10.6 Å². The molecule has 1 aliphatic heterocycles. The monoisotopic (exact) mass is 270 g/mol. The summed E-state index contributed by atoms with van der Waals surface area (Å²) in [5.41, 5.74) is 2.79. The van der Waals surface area contributed by atoms with Gasteiger partial charge in [0.1, 0.15) is 0 Å². The van der Waals surface area contributed by atoms with Crippen LogP contribution in [-0.4, -0.2) is 29.2 Å². The van der Waals surface area contributed by atoms with E-state index in [1.807, 2.05) is 30.3 Å². The zero-order chi connectivity index (χ0) is 13.8. The second kappa shape index (κ2) is 5.88. The van der Waals surface area contributed by atoms with Crippen molar-refractivity contribution in [2.75, 3.05) is 18.4 Å². The Morgan fingerprint density at radius 2 is 2.30 bits per heavy atom. The molecule has 1 amide bonds. The molecule has 1 fully saturated rings. The van der Waals surface area contributed by atoms with Crippen LogP contribution in [0.2, 0.25) is 0 Å². The van der Waals surface area contributed by atoms with Crippen molar-refractivity contribution in [3.8, 4) is 11.3 Å². The summed E-state index contributed by atoms with van der Waals surface area (Å²) in [5, 5.41) is 13.1. The Balaban J connectivity index is 1.71. The molecule has 0 bridgehead atoms. The van der Waals surface area contributed by atoms with Gasteiger partial charge in [-0.05, 0) is 37.6 Å². The summed E-state index contributed by atoms with van der Waals surface area (Å²) in [6.45, 7) is 1.78. The van der Waals surface area contributed by atoms with Crippen LogP contribution in [0.5, 0.6) is 0 Å². The summed E-state index contributed by atoms with van der Waals surface area (Å²) in [6.07, 6.45) is 3.74. The normalized spacial score (nSPS) is 18.7. The molecule has 1 aromatic heterocycles. The number of aromatic amines is 1. The number of piperidine rings is 1. The maximum Gasteiger partial charge on any atom is 0.228 e. The first-order valence-electron chi connectivity index (χ1n) is 6.94. The molecular weight excluding hydrogens is 252 g/mol. The average molecular weight is 270 g/mol. The summed E-state index contributed by atoms with van der Waals surface area (Å²) in [4.78, 5) is 12.2. The zero-order valence-electron chi connectivity index (χ0n) is 11.2. The van der Waals surface area contributed by atoms with Crippen LogP contribution in [0, 0.1) is 5.92 Å². The number of rotatable bonds is 3. The van der Waals surface area contributed by atoms with Gasteiger partial charge in [0.25, 0.3) is 0 Å². The maximum atomic E-state index is 12.2. The first-order chi connectivity index (χ1) is 9.83. The highest BCUT2D eigenvalue weighted by molar-refractivity contribution is 5.93. The molecule has 1 saturated heterocycles. The average Bonchev–Trinajstić information content (AvgIpc) is 3.03. The number of carbonyl (C=O) groups is 1. The number of aromatic nitrogens is 2. The molecule has 1 aliphatic rings. The molecule has 0 aliphatic carbocycles. The van der Waals surface area contributed by atoms with Gasteiger partial charge in [-0.15, -0.1) is 0 Å². The molecule has 0 saturated carbocycles. The van der Waals surface area contributed by atoms with Crippen LogP contribution < -0.4 is 10.6 Å². The lowest BCUT2D eigenvalue weighted by Gasteiger charge is -2.22. The molecule has 3 rings (SSSR count). The summed E-state index contributed by atoms with van der Waals surface area (Å²) in [5.74, 6) is 0.165. The highest BCUT2D eigenvalue weighted by Crippen LogP contribution is 2.21.